The second-order valence-electron chi connectivity index (χ2n) is 9.46. The summed E-state index contributed by atoms with van der Waals surface area (Å²) >= 11 is 0. The smallest absolute Gasteiger partial charge is 0.306 e. The molecule has 1 unspecified atom stereocenters. The fourth-order valence-corrected chi connectivity index (χ4v) is 4.43. The van der Waals surface area contributed by atoms with Gasteiger partial charge in [0, 0.05) is 18.5 Å². The summed E-state index contributed by atoms with van der Waals surface area (Å²) in [6, 6.07) is -0.735. The highest BCUT2D eigenvalue weighted by Gasteiger charge is 2.56. The maximum atomic E-state index is 13.7. The number of allylic oxidation sites excluding steroid dienone is 1. The fourth-order valence-electron chi connectivity index (χ4n) is 4.43. The number of nitrogens with one attached hydrogen (secondary N) is 1. The second kappa shape index (κ2) is 10.3. The average Bonchev–Trinajstić information content (AvgIpc) is 2.95. The van der Waals surface area contributed by atoms with Gasteiger partial charge in [0.1, 0.15) is 6.04 Å². The van der Waals surface area contributed by atoms with Crippen LogP contribution in [0.5, 0.6) is 0 Å². The van der Waals surface area contributed by atoms with Crippen molar-refractivity contribution in [2.45, 2.75) is 59.9 Å². The molecule has 8 nitrogen and oxygen atoms in total. The summed E-state index contributed by atoms with van der Waals surface area (Å²) in [6.07, 6.45) is 6.29. The molecule has 1 spiro atoms. The minimum atomic E-state index is -0.948. The lowest BCUT2D eigenvalue weighted by Gasteiger charge is -2.37. The van der Waals surface area contributed by atoms with E-state index in [-0.39, 0.29) is 42.9 Å². The Hall–Kier alpha value is -2.64. The van der Waals surface area contributed by atoms with E-state index in [2.05, 4.69) is 5.32 Å². The molecular weight excluding hydrogens is 412 g/mol. The Morgan fingerprint density at radius 3 is 2.53 bits per heavy atom. The first-order chi connectivity index (χ1) is 15.0. The van der Waals surface area contributed by atoms with Gasteiger partial charge in [-0.15, -0.1) is 0 Å². The molecule has 0 saturated carbocycles. The summed E-state index contributed by atoms with van der Waals surface area (Å²) in [4.78, 5) is 52.9. The highest BCUT2D eigenvalue weighted by Crippen LogP contribution is 2.47. The van der Waals surface area contributed by atoms with Crippen molar-refractivity contribution in [1.82, 2.24) is 10.2 Å². The van der Waals surface area contributed by atoms with Gasteiger partial charge in [0.05, 0.1) is 26.1 Å². The van der Waals surface area contributed by atoms with Gasteiger partial charge in [-0.25, -0.2) is 0 Å². The van der Waals surface area contributed by atoms with Crippen LogP contribution < -0.4 is 5.32 Å². The molecule has 1 fully saturated rings. The number of esters is 1. The number of rotatable bonds is 9. The van der Waals surface area contributed by atoms with Crippen molar-refractivity contribution in [3.8, 4) is 0 Å². The molecule has 8 heteroatoms. The molecule has 1 aliphatic heterocycles. The summed E-state index contributed by atoms with van der Waals surface area (Å²) in [7, 11) is 1.39. The molecule has 32 heavy (non-hydrogen) atoms. The zero-order chi connectivity index (χ0) is 24.1. The highest BCUT2D eigenvalue weighted by molar-refractivity contribution is 6.04. The van der Waals surface area contributed by atoms with E-state index in [9.17, 15) is 19.2 Å². The predicted molar refractivity (Wildman–Crippen MR) is 119 cm³/mol. The van der Waals surface area contributed by atoms with Crippen LogP contribution in [0.25, 0.3) is 0 Å². The number of carbonyl (C=O) groups excluding carboxylic acids is 4. The van der Waals surface area contributed by atoms with Crippen molar-refractivity contribution in [1.29, 1.82) is 0 Å². The Morgan fingerprint density at radius 1 is 1.28 bits per heavy atom. The van der Waals surface area contributed by atoms with E-state index < -0.39 is 28.8 Å². The van der Waals surface area contributed by atoms with Crippen molar-refractivity contribution < 1.29 is 28.7 Å². The number of carbonyl (C=O) groups is 4. The molecule has 0 bridgehead atoms. The van der Waals surface area contributed by atoms with Gasteiger partial charge >= 0.3 is 5.97 Å². The Kier molecular flexibility index (Phi) is 8.26. The lowest BCUT2D eigenvalue weighted by Crippen LogP contribution is -2.55. The molecule has 2 rings (SSSR count). The van der Waals surface area contributed by atoms with E-state index in [1.54, 1.807) is 24.0 Å². The quantitative estimate of drug-likeness (QED) is 0.429. The average molecular weight is 449 g/mol. The van der Waals surface area contributed by atoms with Gasteiger partial charge in [-0.2, -0.15) is 0 Å². The van der Waals surface area contributed by atoms with Crippen LogP contribution in [0.4, 0.5) is 0 Å². The third kappa shape index (κ3) is 5.40. The van der Waals surface area contributed by atoms with Gasteiger partial charge < -0.3 is 19.7 Å². The molecule has 1 heterocycles. The third-order valence-electron chi connectivity index (χ3n) is 5.97. The van der Waals surface area contributed by atoms with Crippen molar-refractivity contribution in [2.24, 2.45) is 16.7 Å². The predicted octanol–water partition coefficient (Wildman–Crippen LogP) is 2.38. The minimum absolute atomic E-state index is 0.121. The van der Waals surface area contributed by atoms with E-state index in [0.717, 1.165) is 12.8 Å². The monoisotopic (exact) mass is 448 g/mol. The SMILES string of the molecule is CCCCNC(=O)C(N1C[C@]2(C=CC(=O)C(OC)=C2)[C@@H](CC(=O)OCC)C1=O)C(C)(C)C. The van der Waals surface area contributed by atoms with Crippen LogP contribution in [-0.4, -0.2) is 61.3 Å². The van der Waals surface area contributed by atoms with Crippen LogP contribution in [-0.2, 0) is 28.7 Å². The largest absolute Gasteiger partial charge is 0.493 e. The molecule has 0 radical (unpaired) electrons. The minimum Gasteiger partial charge on any atom is -0.493 e. The number of amides is 2. The van der Waals surface area contributed by atoms with Crippen molar-refractivity contribution >= 4 is 23.6 Å². The Bertz CT molecular complexity index is 810. The summed E-state index contributed by atoms with van der Waals surface area (Å²) in [6.45, 7) is 10.4. The summed E-state index contributed by atoms with van der Waals surface area (Å²) in [5, 5.41) is 2.95. The number of hydrogen-bond acceptors (Lipinski definition) is 6. The lowest BCUT2D eigenvalue weighted by molar-refractivity contribution is -0.149. The molecule has 0 aromatic rings. The van der Waals surface area contributed by atoms with Crippen molar-refractivity contribution in [3.63, 3.8) is 0 Å². The molecule has 1 saturated heterocycles. The van der Waals surface area contributed by atoms with Crippen LogP contribution >= 0.6 is 0 Å². The van der Waals surface area contributed by atoms with Gasteiger partial charge in [-0.05, 0) is 30.9 Å². The van der Waals surface area contributed by atoms with Gasteiger partial charge in [0.15, 0.2) is 5.76 Å². The van der Waals surface area contributed by atoms with Gasteiger partial charge in [-0.3, -0.25) is 19.2 Å². The maximum Gasteiger partial charge on any atom is 0.306 e. The van der Waals surface area contributed by atoms with E-state index >= 15 is 0 Å². The first-order valence-electron chi connectivity index (χ1n) is 11.2. The fraction of sp³-hybridized carbons (Fsp3) is 0.667. The maximum absolute atomic E-state index is 13.7. The summed E-state index contributed by atoms with van der Waals surface area (Å²) in [5.74, 6) is -2.01. The van der Waals surface area contributed by atoms with Crippen LogP contribution in [0, 0.1) is 16.7 Å². The third-order valence-corrected chi connectivity index (χ3v) is 5.97. The van der Waals surface area contributed by atoms with Crippen LogP contribution in [0.2, 0.25) is 0 Å². The first-order valence-corrected chi connectivity index (χ1v) is 11.2. The standard InChI is InChI=1S/C24H36N2O6/c1-7-9-12-25-21(29)20(23(3,4)5)26-15-24(11-10-17(27)18(14-24)31-6)16(22(26)30)13-19(28)32-8-2/h10-11,14,16,20H,7-9,12-13,15H2,1-6H3,(H,25,29)/t16-,20?,24+/m0/s1. The Balaban J connectivity index is 2.48. The zero-order valence-electron chi connectivity index (χ0n) is 20.0. The Morgan fingerprint density at radius 2 is 1.97 bits per heavy atom. The number of likely N-dealkylation sites (tertiary alicyclic amines) is 1. The first kappa shape index (κ1) is 25.6. The molecule has 3 atom stereocenters. The van der Waals surface area contributed by atoms with E-state index in [0.29, 0.717) is 6.54 Å². The van der Waals surface area contributed by atoms with E-state index in [4.69, 9.17) is 9.47 Å². The number of methoxy groups -OCH3 is 1. The molecule has 0 aromatic heterocycles. The molecule has 2 amide bonds. The van der Waals surface area contributed by atoms with Crippen molar-refractivity contribution in [2.75, 3.05) is 26.8 Å². The van der Waals surface area contributed by atoms with Crippen LogP contribution in [0.1, 0.15) is 53.9 Å². The van der Waals surface area contributed by atoms with Gasteiger partial charge in [-0.1, -0.05) is 40.2 Å². The number of hydrogen-bond donors (Lipinski definition) is 1. The topological polar surface area (TPSA) is 102 Å². The molecular formula is C24H36N2O6. The van der Waals surface area contributed by atoms with E-state index in [1.807, 2.05) is 27.7 Å². The lowest BCUT2D eigenvalue weighted by atomic mass is 9.73. The Labute approximate surface area is 190 Å². The highest BCUT2D eigenvalue weighted by atomic mass is 16.5. The second-order valence-corrected chi connectivity index (χ2v) is 9.46. The zero-order valence-corrected chi connectivity index (χ0v) is 20.0. The number of ether oxygens (including phenoxy) is 2. The molecule has 2 aliphatic rings. The van der Waals surface area contributed by atoms with E-state index in [1.165, 1.54) is 13.2 Å². The van der Waals surface area contributed by atoms with Gasteiger partial charge in [0.2, 0.25) is 17.6 Å². The normalized spacial score (nSPS) is 23.9. The van der Waals surface area contributed by atoms with Gasteiger partial charge in [0.25, 0.3) is 0 Å². The van der Waals surface area contributed by atoms with Crippen molar-refractivity contribution in [3.05, 3.63) is 24.0 Å². The summed E-state index contributed by atoms with van der Waals surface area (Å²) in [5.41, 5.74) is -1.50. The number of unbranched alkanes of at least 4 members (excludes halogenated alkanes) is 1. The molecule has 1 aliphatic carbocycles. The van der Waals surface area contributed by atoms with Crippen LogP contribution in [0.15, 0.2) is 24.0 Å². The molecule has 1 N–H and O–H groups in total. The summed E-state index contributed by atoms with van der Waals surface area (Å²) < 4.78 is 10.3. The molecule has 0 aromatic carbocycles. The number of ketones is 1. The molecule has 178 valence electrons. The number of nitrogens with zero attached hydrogens (tertiary/aromatic N) is 1. The van der Waals surface area contributed by atoms with Crippen LogP contribution in [0.3, 0.4) is 0 Å².